The third kappa shape index (κ3) is 1.38. The Morgan fingerprint density at radius 3 is 2.86 bits per heavy atom. The minimum atomic E-state index is 0.234. The highest BCUT2D eigenvalue weighted by molar-refractivity contribution is 9.10. The van der Waals surface area contributed by atoms with Crippen molar-refractivity contribution in [1.82, 2.24) is 0 Å². The molecule has 0 fully saturated rings. The second kappa shape index (κ2) is 3.13. The summed E-state index contributed by atoms with van der Waals surface area (Å²) >= 11 is 3.56. The monoisotopic (exact) mass is 251 g/mol. The van der Waals surface area contributed by atoms with Crippen LogP contribution in [0, 0.1) is 0 Å². The van der Waals surface area contributed by atoms with Gasteiger partial charge < -0.3 is 5.32 Å². The van der Waals surface area contributed by atoms with Gasteiger partial charge in [0.05, 0.1) is 0 Å². The molecule has 74 valence electrons. The maximum atomic E-state index is 3.80. The van der Waals surface area contributed by atoms with Gasteiger partial charge in [0, 0.05) is 22.1 Å². The van der Waals surface area contributed by atoms with Gasteiger partial charge in [-0.1, -0.05) is 42.4 Å². The van der Waals surface area contributed by atoms with E-state index in [1.54, 1.807) is 0 Å². The highest BCUT2D eigenvalue weighted by Gasteiger charge is 2.30. The predicted octanol–water partition coefficient (Wildman–Crippen LogP) is 3.80. The van der Waals surface area contributed by atoms with Gasteiger partial charge in [-0.2, -0.15) is 0 Å². The number of nitrogens with one attached hydrogen (secondary N) is 1. The van der Waals surface area contributed by atoms with Crippen molar-refractivity contribution in [2.45, 2.75) is 19.3 Å². The lowest BCUT2D eigenvalue weighted by Gasteiger charge is -2.17. The first-order valence-electron chi connectivity index (χ1n) is 4.75. The number of hydrogen-bond acceptors (Lipinski definition) is 1. The van der Waals surface area contributed by atoms with E-state index in [4.69, 9.17) is 0 Å². The van der Waals surface area contributed by atoms with Crippen molar-refractivity contribution in [2.75, 3.05) is 11.9 Å². The van der Waals surface area contributed by atoms with E-state index in [1.165, 1.54) is 11.3 Å². The number of fused-ring (bicyclic) bond motifs is 1. The van der Waals surface area contributed by atoms with Crippen molar-refractivity contribution in [3.05, 3.63) is 34.3 Å². The maximum Gasteiger partial charge on any atom is 0.0386 e. The molecule has 1 heterocycles. The van der Waals surface area contributed by atoms with Gasteiger partial charge in [0.2, 0.25) is 0 Å². The van der Waals surface area contributed by atoms with Crippen molar-refractivity contribution >= 4 is 27.7 Å². The molecule has 1 N–H and O–H groups in total. The Kier molecular flexibility index (Phi) is 2.18. The van der Waals surface area contributed by atoms with Crippen LogP contribution < -0.4 is 5.32 Å². The summed E-state index contributed by atoms with van der Waals surface area (Å²) in [4.78, 5) is 0. The van der Waals surface area contributed by atoms with E-state index in [2.05, 4.69) is 53.8 Å². The molecule has 1 aliphatic rings. The minimum absolute atomic E-state index is 0.234. The topological polar surface area (TPSA) is 12.0 Å². The lowest BCUT2D eigenvalue weighted by Crippen LogP contribution is -2.18. The fourth-order valence-corrected chi connectivity index (χ4v) is 2.37. The van der Waals surface area contributed by atoms with Crippen LogP contribution in [0.2, 0.25) is 0 Å². The van der Waals surface area contributed by atoms with Crippen LogP contribution in [0.1, 0.15) is 25.0 Å². The molecule has 1 aromatic rings. The molecule has 1 aromatic carbocycles. The average molecular weight is 252 g/mol. The molecule has 0 radical (unpaired) electrons. The molecule has 0 saturated carbocycles. The molecular weight excluding hydrogens is 238 g/mol. The third-order valence-electron chi connectivity index (χ3n) is 2.81. The number of hydrogen-bond donors (Lipinski definition) is 1. The summed E-state index contributed by atoms with van der Waals surface area (Å²) in [6, 6.07) is 4.35. The summed E-state index contributed by atoms with van der Waals surface area (Å²) in [7, 11) is 0. The van der Waals surface area contributed by atoms with Crippen LogP contribution in [0.5, 0.6) is 0 Å². The van der Waals surface area contributed by atoms with Crippen LogP contribution in [0.4, 0.5) is 5.69 Å². The largest absolute Gasteiger partial charge is 0.384 e. The standard InChI is InChI=1S/C12H14BrN/c1-4-8-5-11-9(6-10(8)13)12(2,3)7-14-11/h4-6,14H,1,7H2,2-3H3. The molecule has 0 atom stereocenters. The highest BCUT2D eigenvalue weighted by atomic mass is 79.9. The Morgan fingerprint density at radius 1 is 1.50 bits per heavy atom. The van der Waals surface area contributed by atoms with Gasteiger partial charge in [-0.25, -0.2) is 0 Å². The predicted molar refractivity (Wildman–Crippen MR) is 65.7 cm³/mol. The second-order valence-corrected chi connectivity index (χ2v) is 5.22. The molecule has 14 heavy (non-hydrogen) atoms. The fraction of sp³-hybridized carbons (Fsp3) is 0.333. The molecule has 0 saturated heterocycles. The molecule has 0 aliphatic carbocycles. The van der Waals surface area contributed by atoms with Gasteiger partial charge in [0.25, 0.3) is 0 Å². The zero-order chi connectivity index (χ0) is 10.3. The second-order valence-electron chi connectivity index (χ2n) is 4.36. The summed E-state index contributed by atoms with van der Waals surface area (Å²) < 4.78 is 1.13. The highest BCUT2D eigenvalue weighted by Crippen LogP contribution is 2.39. The molecule has 0 aromatic heterocycles. The van der Waals surface area contributed by atoms with Gasteiger partial charge >= 0.3 is 0 Å². The summed E-state index contributed by atoms with van der Waals surface area (Å²) in [5, 5.41) is 3.42. The number of rotatable bonds is 1. The van der Waals surface area contributed by atoms with Crippen molar-refractivity contribution in [3.63, 3.8) is 0 Å². The molecule has 0 spiro atoms. The Balaban J connectivity index is 2.60. The Morgan fingerprint density at radius 2 is 2.21 bits per heavy atom. The van der Waals surface area contributed by atoms with Crippen LogP contribution in [0.25, 0.3) is 6.08 Å². The molecule has 0 amide bonds. The Bertz CT molecular complexity index is 394. The summed E-state index contributed by atoms with van der Waals surface area (Å²) in [6.07, 6.45) is 1.87. The molecule has 1 aliphatic heterocycles. The minimum Gasteiger partial charge on any atom is -0.384 e. The van der Waals surface area contributed by atoms with Gasteiger partial charge in [-0.15, -0.1) is 0 Å². The van der Waals surface area contributed by atoms with Crippen molar-refractivity contribution < 1.29 is 0 Å². The van der Waals surface area contributed by atoms with E-state index >= 15 is 0 Å². The van der Waals surface area contributed by atoms with Crippen LogP contribution in [-0.4, -0.2) is 6.54 Å². The molecule has 2 heteroatoms. The van der Waals surface area contributed by atoms with Crippen molar-refractivity contribution in [1.29, 1.82) is 0 Å². The summed E-state index contributed by atoms with van der Waals surface area (Å²) in [5.41, 5.74) is 4.01. The van der Waals surface area contributed by atoms with E-state index in [9.17, 15) is 0 Å². The smallest absolute Gasteiger partial charge is 0.0386 e. The normalized spacial score (nSPS) is 17.4. The van der Waals surface area contributed by atoms with Crippen LogP contribution in [0.3, 0.4) is 0 Å². The van der Waals surface area contributed by atoms with Crippen LogP contribution in [-0.2, 0) is 5.41 Å². The van der Waals surface area contributed by atoms with E-state index in [0.717, 1.165) is 16.6 Å². The van der Waals surface area contributed by atoms with Crippen LogP contribution in [0.15, 0.2) is 23.2 Å². The first-order valence-corrected chi connectivity index (χ1v) is 5.54. The first kappa shape index (κ1) is 9.78. The SMILES string of the molecule is C=Cc1cc2c(cc1Br)C(C)(C)CN2. The van der Waals surface area contributed by atoms with Gasteiger partial charge in [0.1, 0.15) is 0 Å². The van der Waals surface area contributed by atoms with Crippen molar-refractivity contribution in [2.24, 2.45) is 0 Å². The van der Waals surface area contributed by atoms with E-state index in [-0.39, 0.29) is 5.41 Å². The average Bonchev–Trinajstić information content (AvgIpc) is 2.42. The summed E-state index contributed by atoms with van der Waals surface area (Å²) in [5.74, 6) is 0. The quantitative estimate of drug-likeness (QED) is 0.801. The van der Waals surface area contributed by atoms with Gasteiger partial charge in [-0.3, -0.25) is 0 Å². The number of benzene rings is 1. The Labute approximate surface area is 93.3 Å². The maximum absolute atomic E-state index is 3.80. The zero-order valence-electron chi connectivity index (χ0n) is 8.52. The Hall–Kier alpha value is -0.760. The van der Waals surface area contributed by atoms with Crippen LogP contribution >= 0.6 is 15.9 Å². The first-order chi connectivity index (χ1) is 6.54. The van der Waals surface area contributed by atoms with E-state index in [0.29, 0.717) is 0 Å². The fourth-order valence-electron chi connectivity index (χ4n) is 1.86. The molecule has 1 nitrogen and oxygen atoms in total. The number of halogens is 1. The zero-order valence-corrected chi connectivity index (χ0v) is 10.1. The van der Waals surface area contributed by atoms with E-state index < -0.39 is 0 Å². The lowest BCUT2D eigenvalue weighted by atomic mass is 9.86. The van der Waals surface area contributed by atoms with Gasteiger partial charge in [-0.05, 0) is 23.3 Å². The molecule has 0 unspecified atom stereocenters. The molecule has 2 rings (SSSR count). The molecule has 0 bridgehead atoms. The number of anilines is 1. The van der Waals surface area contributed by atoms with Crippen molar-refractivity contribution in [3.8, 4) is 0 Å². The third-order valence-corrected chi connectivity index (χ3v) is 3.49. The van der Waals surface area contributed by atoms with E-state index in [1.807, 2.05) is 6.08 Å². The lowest BCUT2D eigenvalue weighted by molar-refractivity contribution is 0.586. The van der Waals surface area contributed by atoms with Gasteiger partial charge in [0.15, 0.2) is 0 Å². The summed E-state index contributed by atoms with van der Waals surface area (Å²) in [6.45, 7) is 9.32. The molecular formula is C12H14BrN.